The third-order valence-electron chi connectivity index (χ3n) is 3.76. The van der Waals surface area contributed by atoms with E-state index in [4.69, 9.17) is 0 Å². The van der Waals surface area contributed by atoms with Gasteiger partial charge < -0.3 is 4.90 Å². The number of unbranched alkanes of at least 4 members (excludes halogenated alkanes) is 5. The van der Waals surface area contributed by atoms with Gasteiger partial charge in [0.05, 0.1) is 0 Å². The smallest absolute Gasteiger partial charge is 0.223 e. The van der Waals surface area contributed by atoms with Crippen LogP contribution in [0.15, 0.2) is 0 Å². The van der Waals surface area contributed by atoms with E-state index >= 15 is 0 Å². The minimum absolute atomic E-state index is 0.306. The molecule has 0 aliphatic rings. The van der Waals surface area contributed by atoms with E-state index in [9.17, 15) is 4.79 Å². The second-order valence-corrected chi connectivity index (χ2v) is 8.89. The molecular weight excluding hydrogens is 342 g/mol. The Morgan fingerprint density at radius 2 is 1.48 bits per heavy atom. The van der Waals surface area contributed by atoms with Crippen LogP contribution in [0.4, 0.5) is 0 Å². The van der Waals surface area contributed by atoms with Crippen molar-refractivity contribution < 1.29 is 4.79 Å². The largest absolute Gasteiger partial charge is 0.346 e. The molecule has 138 valence electrons. The van der Waals surface area contributed by atoms with E-state index in [2.05, 4.69) is 19.6 Å². The van der Waals surface area contributed by atoms with Crippen LogP contribution in [0.3, 0.4) is 0 Å². The van der Waals surface area contributed by atoms with Crippen LogP contribution in [0.5, 0.6) is 0 Å². The highest BCUT2D eigenvalue weighted by Gasteiger charge is 2.07. The summed E-state index contributed by atoms with van der Waals surface area (Å²) in [6, 6.07) is 0. The van der Waals surface area contributed by atoms with Crippen molar-refractivity contribution >= 4 is 42.1 Å². The molecule has 0 unspecified atom stereocenters. The first-order valence-electron chi connectivity index (χ1n) is 9.22. The van der Waals surface area contributed by atoms with Crippen LogP contribution in [0.25, 0.3) is 0 Å². The van der Waals surface area contributed by atoms with E-state index in [1.165, 1.54) is 56.5 Å². The molecule has 0 bridgehead atoms. The molecule has 0 heterocycles. The Morgan fingerprint density at radius 1 is 0.870 bits per heavy atom. The Kier molecular flexibility index (Phi) is 19.3. The number of carbonyl (C=O) groups is 1. The molecule has 5 heteroatoms. The molecule has 0 spiro atoms. The topological polar surface area (TPSA) is 20.3 Å². The molecule has 0 fully saturated rings. The standard InChI is InChI=1S/C18H37NOS3/c1-3-4-5-6-7-8-14-23-17-11-18(20)19(2)12-9-15-22-16-10-13-21/h21H,3-17H2,1-2H3. The van der Waals surface area contributed by atoms with Crippen LogP contribution >= 0.6 is 36.2 Å². The van der Waals surface area contributed by atoms with Crippen molar-refractivity contribution in [3.05, 3.63) is 0 Å². The highest BCUT2D eigenvalue weighted by Crippen LogP contribution is 2.11. The van der Waals surface area contributed by atoms with Gasteiger partial charge in [0.1, 0.15) is 0 Å². The summed E-state index contributed by atoms with van der Waals surface area (Å²) in [5.41, 5.74) is 0. The van der Waals surface area contributed by atoms with Gasteiger partial charge >= 0.3 is 0 Å². The normalized spacial score (nSPS) is 10.9. The summed E-state index contributed by atoms with van der Waals surface area (Å²) in [7, 11) is 1.94. The molecule has 0 atom stereocenters. The maximum atomic E-state index is 12.0. The highest BCUT2D eigenvalue weighted by molar-refractivity contribution is 7.99. The Labute approximate surface area is 158 Å². The molecule has 2 nitrogen and oxygen atoms in total. The summed E-state index contributed by atoms with van der Waals surface area (Å²) in [4.78, 5) is 13.9. The van der Waals surface area contributed by atoms with E-state index < -0.39 is 0 Å². The summed E-state index contributed by atoms with van der Waals surface area (Å²) in [6.07, 6.45) is 11.1. The molecule has 0 aromatic heterocycles. The van der Waals surface area contributed by atoms with Crippen LogP contribution in [-0.2, 0) is 4.79 Å². The zero-order valence-electron chi connectivity index (χ0n) is 15.2. The third-order valence-corrected chi connectivity index (χ3v) is 6.30. The van der Waals surface area contributed by atoms with Crippen LogP contribution in [0.2, 0.25) is 0 Å². The Balaban J connectivity index is 3.33. The van der Waals surface area contributed by atoms with Crippen molar-refractivity contribution in [1.82, 2.24) is 4.90 Å². The van der Waals surface area contributed by atoms with Crippen LogP contribution in [0, 0.1) is 0 Å². The van der Waals surface area contributed by atoms with Gasteiger partial charge in [0, 0.05) is 25.8 Å². The summed E-state index contributed by atoms with van der Waals surface area (Å²) < 4.78 is 0. The van der Waals surface area contributed by atoms with Gasteiger partial charge in [-0.2, -0.15) is 36.2 Å². The fourth-order valence-electron chi connectivity index (χ4n) is 2.23. The lowest BCUT2D eigenvalue weighted by atomic mass is 10.1. The fraction of sp³-hybridized carbons (Fsp3) is 0.944. The van der Waals surface area contributed by atoms with Crippen molar-refractivity contribution in [3.8, 4) is 0 Å². The van der Waals surface area contributed by atoms with Crippen LogP contribution < -0.4 is 0 Å². The minimum atomic E-state index is 0.306. The zero-order chi connectivity index (χ0) is 17.2. The lowest BCUT2D eigenvalue weighted by molar-refractivity contribution is -0.129. The maximum Gasteiger partial charge on any atom is 0.223 e. The molecule has 0 aliphatic carbocycles. The molecule has 0 N–H and O–H groups in total. The average Bonchev–Trinajstić information content (AvgIpc) is 2.56. The van der Waals surface area contributed by atoms with Gasteiger partial charge in [-0.3, -0.25) is 4.79 Å². The molecule has 0 aromatic carbocycles. The lowest BCUT2D eigenvalue weighted by Gasteiger charge is -2.16. The van der Waals surface area contributed by atoms with E-state index in [0.717, 1.165) is 30.2 Å². The van der Waals surface area contributed by atoms with Crippen molar-refractivity contribution in [2.24, 2.45) is 0 Å². The monoisotopic (exact) mass is 379 g/mol. The van der Waals surface area contributed by atoms with E-state index in [-0.39, 0.29) is 0 Å². The number of amides is 1. The molecule has 1 amide bonds. The molecule has 0 rings (SSSR count). The number of thioether (sulfide) groups is 2. The summed E-state index contributed by atoms with van der Waals surface area (Å²) in [5, 5.41) is 0. The van der Waals surface area contributed by atoms with Gasteiger partial charge in [-0.05, 0) is 42.3 Å². The first-order valence-corrected chi connectivity index (χ1v) is 12.2. The second kappa shape index (κ2) is 18.9. The molecule has 0 saturated heterocycles. The number of rotatable bonds is 17. The van der Waals surface area contributed by atoms with Gasteiger partial charge in [-0.15, -0.1) is 0 Å². The predicted octanol–water partition coefficient (Wildman–Crippen LogP) is 5.37. The number of hydrogen-bond donors (Lipinski definition) is 1. The summed E-state index contributed by atoms with van der Waals surface area (Å²) in [5.74, 6) is 5.82. The highest BCUT2D eigenvalue weighted by atomic mass is 32.2. The van der Waals surface area contributed by atoms with Gasteiger partial charge in [-0.25, -0.2) is 0 Å². The molecular formula is C18H37NOS3. The Morgan fingerprint density at radius 3 is 2.22 bits per heavy atom. The van der Waals surface area contributed by atoms with E-state index in [0.29, 0.717) is 12.3 Å². The first-order chi connectivity index (χ1) is 11.2. The van der Waals surface area contributed by atoms with Gasteiger partial charge in [-0.1, -0.05) is 39.0 Å². The average molecular weight is 380 g/mol. The van der Waals surface area contributed by atoms with Gasteiger partial charge in [0.2, 0.25) is 5.91 Å². The maximum absolute atomic E-state index is 12.0. The fourth-order valence-corrected chi connectivity index (χ4v) is 4.42. The number of nitrogens with zero attached hydrogens (tertiary/aromatic N) is 1. The molecule has 0 aromatic rings. The van der Waals surface area contributed by atoms with Crippen molar-refractivity contribution in [2.75, 3.05) is 42.4 Å². The van der Waals surface area contributed by atoms with Crippen molar-refractivity contribution in [2.45, 2.75) is 64.7 Å². The van der Waals surface area contributed by atoms with Crippen molar-refractivity contribution in [1.29, 1.82) is 0 Å². The predicted molar refractivity (Wildman–Crippen MR) is 113 cm³/mol. The van der Waals surface area contributed by atoms with E-state index in [1.807, 2.05) is 35.5 Å². The molecule has 0 aliphatic heterocycles. The minimum Gasteiger partial charge on any atom is -0.346 e. The number of hydrogen-bond acceptors (Lipinski definition) is 4. The molecule has 0 radical (unpaired) electrons. The van der Waals surface area contributed by atoms with Gasteiger partial charge in [0.15, 0.2) is 0 Å². The number of thiol groups is 1. The molecule has 23 heavy (non-hydrogen) atoms. The Bertz CT molecular complexity index is 265. The quantitative estimate of drug-likeness (QED) is 0.271. The second-order valence-electron chi connectivity index (χ2n) is 5.99. The summed E-state index contributed by atoms with van der Waals surface area (Å²) >= 11 is 8.13. The molecule has 0 saturated carbocycles. The van der Waals surface area contributed by atoms with E-state index in [1.54, 1.807) is 0 Å². The number of carbonyl (C=O) groups excluding carboxylic acids is 1. The SMILES string of the molecule is CCCCCCCCSCCC(=O)N(C)CCCSCCCS. The van der Waals surface area contributed by atoms with Crippen LogP contribution in [-0.4, -0.2) is 53.2 Å². The summed E-state index contributed by atoms with van der Waals surface area (Å²) in [6.45, 7) is 3.15. The van der Waals surface area contributed by atoms with Crippen LogP contribution in [0.1, 0.15) is 64.7 Å². The zero-order valence-corrected chi connectivity index (χ0v) is 17.8. The third kappa shape index (κ3) is 17.1. The Hall–Kier alpha value is 0.520. The first kappa shape index (κ1) is 23.5. The van der Waals surface area contributed by atoms with Crippen molar-refractivity contribution in [3.63, 3.8) is 0 Å². The lowest BCUT2D eigenvalue weighted by Crippen LogP contribution is -2.28. The van der Waals surface area contributed by atoms with Gasteiger partial charge in [0.25, 0.3) is 0 Å².